The number of nitrogens with zero attached hydrogens (tertiary/aromatic N) is 2. The van der Waals surface area contributed by atoms with Crippen molar-refractivity contribution in [3.05, 3.63) is 41.7 Å². The van der Waals surface area contributed by atoms with Crippen molar-refractivity contribution in [3.63, 3.8) is 0 Å². The fraction of sp³-hybridized carbons (Fsp3) is 0.571. The summed E-state index contributed by atoms with van der Waals surface area (Å²) in [6.07, 6.45) is 14.6. The lowest BCUT2D eigenvalue weighted by molar-refractivity contribution is 0.431. The molecule has 152 valence electrons. The Labute approximate surface area is 164 Å². The molecule has 0 unspecified atom stereocenters. The number of aromatic nitrogens is 2. The molecular weight excluding hydrogens is 387 g/mol. The van der Waals surface area contributed by atoms with Gasteiger partial charge in [0.1, 0.15) is 11.3 Å². The van der Waals surface area contributed by atoms with Gasteiger partial charge >= 0.3 is 0 Å². The van der Waals surface area contributed by atoms with Crippen molar-refractivity contribution in [2.24, 2.45) is 0 Å². The minimum atomic E-state index is -1.64. The molecule has 28 heavy (non-hydrogen) atoms. The smallest absolute Gasteiger partial charge is 0.196 e. The molecule has 0 bridgehead atoms. The van der Waals surface area contributed by atoms with E-state index in [2.05, 4.69) is 4.98 Å². The molecule has 0 atom stereocenters. The third kappa shape index (κ3) is 3.72. The fourth-order valence-corrected chi connectivity index (χ4v) is 8.49. The number of hydrogen-bond donors (Lipinski definition) is 0. The highest BCUT2D eigenvalue weighted by atomic mass is 31.1. The molecule has 2 aromatic rings. The van der Waals surface area contributed by atoms with Gasteiger partial charge < -0.3 is 0 Å². The molecule has 0 amide bonds. The van der Waals surface area contributed by atoms with Crippen LogP contribution in [0.15, 0.2) is 18.5 Å². The summed E-state index contributed by atoms with van der Waals surface area (Å²) in [4.78, 5) is 4.52. The quantitative estimate of drug-likeness (QED) is 0.253. The maximum absolute atomic E-state index is 14.5. The van der Waals surface area contributed by atoms with E-state index in [0.29, 0.717) is 22.9 Å². The first-order valence-corrected chi connectivity index (χ1v) is 11.7. The van der Waals surface area contributed by atoms with Crippen molar-refractivity contribution >= 4 is 13.5 Å². The van der Waals surface area contributed by atoms with Gasteiger partial charge in [0.15, 0.2) is 23.3 Å². The largest absolute Gasteiger partial charge is 0.295 e. The Balaban J connectivity index is 1.79. The van der Waals surface area contributed by atoms with Crippen LogP contribution in [-0.4, -0.2) is 20.9 Å². The van der Waals surface area contributed by atoms with Crippen molar-refractivity contribution in [1.29, 1.82) is 0 Å². The first kappa shape index (κ1) is 19.9. The summed E-state index contributed by atoms with van der Waals surface area (Å²) in [5.41, 5.74) is 1.05. The summed E-state index contributed by atoms with van der Waals surface area (Å²) in [5.74, 6) is -5.74. The van der Waals surface area contributed by atoms with Gasteiger partial charge in [-0.2, -0.15) is 0 Å². The molecule has 2 aliphatic rings. The molecule has 2 saturated carbocycles. The van der Waals surface area contributed by atoms with Crippen LogP contribution < -0.4 is 5.57 Å². The average molecular weight is 412 g/mol. The number of rotatable bonds is 4. The molecule has 1 heterocycles. The van der Waals surface area contributed by atoms with E-state index < -0.39 is 36.9 Å². The Bertz CT molecular complexity index is 808. The number of benzene rings is 1. The molecule has 2 aliphatic carbocycles. The maximum atomic E-state index is 14.5. The second-order valence-corrected chi connectivity index (χ2v) is 10.6. The van der Waals surface area contributed by atoms with Crippen LogP contribution in [0.2, 0.25) is 0 Å². The van der Waals surface area contributed by atoms with Crippen molar-refractivity contribution in [3.8, 4) is 5.69 Å². The highest BCUT2D eigenvalue weighted by Gasteiger charge is 2.36. The normalized spacial score (nSPS) is 19.5. The SMILES string of the molecule is Fc1cc(F)c(-n2ccnc2P(C2CCCCC2)C2CCCCC2)c(F)c1F. The number of halogens is 4. The first-order valence-electron chi connectivity index (χ1n) is 10.2. The standard InChI is InChI=1S/C21H25F4N2P/c22-16-13-17(23)20(19(25)18(16)24)27-12-11-26-21(27)28(14-7-3-1-4-8-14)15-9-5-2-6-10-15/h11-15H,1-10H2. The van der Waals surface area contributed by atoms with Gasteiger partial charge in [0.25, 0.3) is 0 Å². The van der Waals surface area contributed by atoms with Crippen molar-refractivity contribution in [1.82, 2.24) is 9.55 Å². The lowest BCUT2D eigenvalue weighted by Gasteiger charge is -2.38. The van der Waals surface area contributed by atoms with E-state index in [1.54, 1.807) is 0 Å². The summed E-state index contributed by atoms with van der Waals surface area (Å²) >= 11 is 0. The van der Waals surface area contributed by atoms with E-state index in [1.165, 1.54) is 55.5 Å². The van der Waals surface area contributed by atoms with Gasteiger partial charge in [-0.15, -0.1) is 0 Å². The Morgan fingerprint density at radius 1 is 0.786 bits per heavy atom. The minimum Gasteiger partial charge on any atom is -0.295 e. The van der Waals surface area contributed by atoms with Crippen LogP contribution in [0.3, 0.4) is 0 Å². The molecule has 2 nitrogen and oxygen atoms in total. The van der Waals surface area contributed by atoms with Crippen LogP contribution in [-0.2, 0) is 0 Å². The minimum absolute atomic E-state index is 0.418. The van der Waals surface area contributed by atoms with Gasteiger partial charge in [-0.3, -0.25) is 4.57 Å². The van der Waals surface area contributed by atoms with Gasteiger partial charge in [-0.25, -0.2) is 22.5 Å². The summed E-state index contributed by atoms with van der Waals surface area (Å²) in [7, 11) is -0.739. The molecule has 0 radical (unpaired) electrons. The van der Waals surface area contributed by atoms with Crippen LogP contribution >= 0.6 is 7.92 Å². The third-order valence-corrected chi connectivity index (χ3v) is 9.52. The van der Waals surface area contributed by atoms with Gasteiger partial charge in [0.2, 0.25) is 0 Å². The zero-order valence-corrected chi connectivity index (χ0v) is 16.7. The molecule has 0 aliphatic heterocycles. The Morgan fingerprint density at radius 2 is 1.36 bits per heavy atom. The molecule has 4 rings (SSSR count). The van der Waals surface area contributed by atoms with E-state index in [-0.39, 0.29) is 0 Å². The van der Waals surface area contributed by atoms with E-state index in [0.717, 1.165) is 25.7 Å². The number of imidazole rings is 1. The van der Waals surface area contributed by atoms with Crippen molar-refractivity contribution in [2.45, 2.75) is 75.5 Å². The van der Waals surface area contributed by atoms with Crippen LogP contribution in [0.5, 0.6) is 0 Å². The van der Waals surface area contributed by atoms with Crippen molar-refractivity contribution in [2.75, 3.05) is 0 Å². The van der Waals surface area contributed by atoms with Crippen LogP contribution in [0.25, 0.3) is 5.69 Å². The fourth-order valence-electron chi connectivity index (χ4n) is 4.78. The Kier molecular flexibility index (Phi) is 6.05. The topological polar surface area (TPSA) is 17.8 Å². The maximum Gasteiger partial charge on any atom is 0.196 e. The lowest BCUT2D eigenvalue weighted by atomic mass is 9.99. The van der Waals surface area contributed by atoms with E-state index in [1.807, 2.05) is 0 Å². The molecule has 1 aromatic heterocycles. The summed E-state index contributed by atoms with van der Waals surface area (Å²) in [5, 5.41) is 0. The lowest BCUT2D eigenvalue weighted by Crippen LogP contribution is -2.31. The molecule has 0 N–H and O–H groups in total. The first-order chi connectivity index (χ1) is 13.6. The second kappa shape index (κ2) is 8.52. The molecule has 7 heteroatoms. The molecular formula is C21H25F4N2P. The molecule has 0 spiro atoms. The van der Waals surface area contributed by atoms with Crippen LogP contribution in [0, 0.1) is 23.3 Å². The van der Waals surface area contributed by atoms with E-state index >= 15 is 0 Å². The van der Waals surface area contributed by atoms with Gasteiger partial charge in [0.05, 0.1) is 0 Å². The highest BCUT2D eigenvalue weighted by Crippen LogP contribution is 2.54. The number of hydrogen-bond acceptors (Lipinski definition) is 1. The second-order valence-electron chi connectivity index (χ2n) is 7.90. The highest BCUT2D eigenvalue weighted by molar-refractivity contribution is 7.66. The van der Waals surface area contributed by atoms with Gasteiger partial charge in [-0.05, 0) is 44.9 Å². The van der Waals surface area contributed by atoms with E-state index in [9.17, 15) is 17.6 Å². The third-order valence-electron chi connectivity index (χ3n) is 6.12. The zero-order valence-electron chi connectivity index (χ0n) is 15.8. The summed E-state index contributed by atoms with van der Waals surface area (Å²) in [6.45, 7) is 0. The average Bonchev–Trinajstić information content (AvgIpc) is 3.17. The summed E-state index contributed by atoms with van der Waals surface area (Å²) in [6, 6.07) is 0.418. The molecule has 0 saturated heterocycles. The Morgan fingerprint density at radius 3 is 1.93 bits per heavy atom. The van der Waals surface area contributed by atoms with Crippen molar-refractivity contribution < 1.29 is 17.6 Å². The Hall–Kier alpha value is -1.42. The monoisotopic (exact) mass is 412 g/mol. The summed E-state index contributed by atoms with van der Waals surface area (Å²) < 4.78 is 57.6. The zero-order chi connectivity index (χ0) is 19.7. The van der Waals surface area contributed by atoms with Crippen LogP contribution in [0.1, 0.15) is 64.2 Å². The van der Waals surface area contributed by atoms with Gasteiger partial charge in [0, 0.05) is 18.5 Å². The van der Waals surface area contributed by atoms with Gasteiger partial charge in [-0.1, -0.05) is 38.5 Å². The predicted octanol–water partition coefficient (Wildman–Crippen LogP) is 6.20. The van der Waals surface area contributed by atoms with Crippen LogP contribution in [0.4, 0.5) is 17.6 Å². The predicted molar refractivity (Wildman–Crippen MR) is 104 cm³/mol. The van der Waals surface area contributed by atoms with E-state index in [4.69, 9.17) is 0 Å². The molecule has 2 fully saturated rings. The molecule has 1 aromatic carbocycles.